The van der Waals surface area contributed by atoms with E-state index in [9.17, 15) is 17.6 Å². The summed E-state index contributed by atoms with van der Waals surface area (Å²) in [6.45, 7) is 6.98. The molecule has 5 rings (SSSR count). The van der Waals surface area contributed by atoms with E-state index in [2.05, 4.69) is 9.62 Å². The van der Waals surface area contributed by atoms with Gasteiger partial charge >= 0.3 is 0 Å². The molecule has 1 N–H and O–H groups in total. The fourth-order valence-corrected chi connectivity index (χ4v) is 6.07. The van der Waals surface area contributed by atoms with Gasteiger partial charge in [0.2, 0.25) is 0 Å². The van der Waals surface area contributed by atoms with Crippen LogP contribution >= 0.6 is 0 Å². The molecule has 0 bridgehead atoms. The molecule has 1 saturated carbocycles. The summed E-state index contributed by atoms with van der Waals surface area (Å²) < 4.78 is 48.5. The van der Waals surface area contributed by atoms with Crippen LogP contribution in [0, 0.1) is 18.7 Å². The Hall–Kier alpha value is -3.46. The number of hydrogen-bond donors (Lipinski definition) is 1. The molecule has 2 aromatic carbocycles. The van der Waals surface area contributed by atoms with Crippen LogP contribution in [0.4, 0.5) is 10.2 Å². The largest absolute Gasteiger partial charge is 0.493 e. The second kappa shape index (κ2) is 10.0. The van der Waals surface area contributed by atoms with Crippen molar-refractivity contribution in [2.45, 2.75) is 56.9 Å². The number of pyridine rings is 1. The molecule has 3 aromatic rings. The first-order valence-electron chi connectivity index (χ1n) is 12.9. The van der Waals surface area contributed by atoms with Crippen LogP contribution in [0.15, 0.2) is 59.5 Å². The van der Waals surface area contributed by atoms with Crippen LogP contribution in [0.25, 0.3) is 11.3 Å². The Morgan fingerprint density at radius 1 is 1.13 bits per heavy atom. The predicted molar refractivity (Wildman–Crippen MR) is 144 cm³/mol. The van der Waals surface area contributed by atoms with Crippen molar-refractivity contribution >= 4 is 21.7 Å². The Balaban J connectivity index is 1.52. The summed E-state index contributed by atoms with van der Waals surface area (Å²) in [5, 5.41) is 0. The number of aromatic nitrogens is 1. The number of rotatable bonds is 8. The number of ether oxygens (including phenoxy) is 1. The molecule has 1 spiro atoms. The number of carbonyl (C=O) groups excluding carboxylic acids is 1. The van der Waals surface area contributed by atoms with Gasteiger partial charge in [-0.3, -0.25) is 4.79 Å². The van der Waals surface area contributed by atoms with Crippen molar-refractivity contribution in [1.82, 2.24) is 9.71 Å². The van der Waals surface area contributed by atoms with Crippen molar-refractivity contribution in [2.75, 3.05) is 18.1 Å². The molecule has 2 fully saturated rings. The van der Waals surface area contributed by atoms with E-state index in [0.717, 1.165) is 31.2 Å². The number of nitrogens with zero attached hydrogens (tertiary/aromatic N) is 2. The third-order valence-corrected chi connectivity index (χ3v) is 8.40. The SMILES string of the molecule is Cc1cccc(S(=O)(=O)NC(=O)c2ccc(-c3cc(F)cc(OCC(C)C)c3)nc2N2CCCC23CC3)c1. The highest BCUT2D eigenvalue weighted by atomic mass is 32.2. The summed E-state index contributed by atoms with van der Waals surface area (Å²) in [5.74, 6) is -0.0875. The molecular formula is C29H32FN3O4S. The van der Waals surface area contributed by atoms with E-state index in [1.165, 1.54) is 24.3 Å². The lowest BCUT2D eigenvalue weighted by Crippen LogP contribution is -2.36. The smallest absolute Gasteiger partial charge is 0.268 e. The maximum absolute atomic E-state index is 14.5. The average Bonchev–Trinajstić information content (AvgIpc) is 3.52. The van der Waals surface area contributed by atoms with Gasteiger partial charge in [0, 0.05) is 23.7 Å². The summed E-state index contributed by atoms with van der Waals surface area (Å²) in [7, 11) is -4.08. The fraction of sp³-hybridized carbons (Fsp3) is 0.379. The molecule has 1 saturated heterocycles. The van der Waals surface area contributed by atoms with E-state index >= 15 is 0 Å². The van der Waals surface area contributed by atoms with E-state index in [0.29, 0.717) is 36.0 Å². The van der Waals surface area contributed by atoms with Gasteiger partial charge in [-0.2, -0.15) is 0 Å². The van der Waals surface area contributed by atoms with E-state index in [4.69, 9.17) is 9.72 Å². The summed E-state index contributed by atoms with van der Waals surface area (Å²) in [6, 6.07) is 14.0. The van der Waals surface area contributed by atoms with Crippen LogP contribution in [0.2, 0.25) is 0 Å². The molecule has 7 nitrogen and oxygen atoms in total. The second-order valence-electron chi connectivity index (χ2n) is 10.7. The number of halogens is 1. The van der Waals surface area contributed by atoms with Gasteiger partial charge in [0.05, 0.1) is 22.8 Å². The molecule has 2 heterocycles. The van der Waals surface area contributed by atoms with Crippen molar-refractivity contribution in [1.29, 1.82) is 0 Å². The normalized spacial score (nSPS) is 16.2. The number of aryl methyl sites for hydroxylation is 1. The first-order valence-corrected chi connectivity index (χ1v) is 14.4. The van der Waals surface area contributed by atoms with Gasteiger partial charge in [0.1, 0.15) is 17.4 Å². The third kappa shape index (κ3) is 5.38. The lowest BCUT2D eigenvalue weighted by Gasteiger charge is -2.28. The highest BCUT2D eigenvalue weighted by molar-refractivity contribution is 7.90. The Labute approximate surface area is 223 Å². The molecule has 200 valence electrons. The van der Waals surface area contributed by atoms with Crippen molar-refractivity contribution in [2.24, 2.45) is 5.92 Å². The van der Waals surface area contributed by atoms with Crippen molar-refractivity contribution in [3.8, 4) is 17.0 Å². The van der Waals surface area contributed by atoms with E-state index in [1.807, 2.05) is 13.8 Å². The van der Waals surface area contributed by atoms with Gasteiger partial charge < -0.3 is 9.64 Å². The van der Waals surface area contributed by atoms with Gasteiger partial charge in [-0.15, -0.1) is 0 Å². The number of hydrogen-bond acceptors (Lipinski definition) is 6. The van der Waals surface area contributed by atoms with Gasteiger partial charge in [0.25, 0.3) is 15.9 Å². The zero-order valence-electron chi connectivity index (χ0n) is 21.8. The number of benzene rings is 2. The van der Waals surface area contributed by atoms with Gasteiger partial charge in [0.15, 0.2) is 0 Å². The zero-order valence-corrected chi connectivity index (χ0v) is 22.6. The maximum atomic E-state index is 14.5. The number of nitrogens with one attached hydrogen (secondary N) is 1. The molecule has 0 radical (unpaired) electrons. The molecular weight excluding hydrogens is 505 g/mol. The summed E-state index contributed by atoms with van der Waals surface area (Å²) >= 11 is 0. The van der Waals surface area contributed by atoms with Crippen molar-refractivity contribution < 1.29 is 22.3 Å². The van der Waals surface area contributed by atoms with E-state index in [-0.39, 0.29) is 21.9 Å². The second-order valence-corrected chi connectivity index (χ2v) is 12.4. The minimum absolute atomic E-state index is 0.0190. The van der Waals surface area contributed by atoms with Crippen LogP contribution in [-0.4, -0.2) is 38.0 Å². The molecule has 9 heteroatoms. The number of anilines is 1. The zero-order chi connectivity index (χ0) is 27.1. The number of amides is 1. The van der Waals surface area contributed by atoms with Crippen LogP contribution < -0.4 is 14.4 Å². The van der Waals surface area contributed by atoms with E-state index < -0.39 is 21.7 Å². The molecule has 1 amide bonds. The Bertz CT molecular complexity index is 1480. The Kier molecular flexibility index (Phi) is 6.90. The lowest BCUT2D eigenvalue weighted by molar-refractivity contribution is 0.0981. The molecule has 2 aliphatic rings. The highest BCUT2D eigenvalue weighted by Crippen LogP contribution is 2.51. The predicted octanol–water partition coefficient (Wildman–Crippen LogP) is 5.48. The minimum Gasteiger partial charge on any atom is -0.493 e. The van der Waals surface area contributed by atoms with Gasteiger partial charge in [-0.05, 0) is 80.5 Å². The van der Waals surface area contributed by atoms with Crippen LogP contribution in [0.3, 0.4) is 0 Å². The topological polar surface area (TPSA) is 88.6 Å². The highest BCUT2D eigenvalue weighted by Gasteiger charge is 2.52. The molecule has 1 aromatic heterocycles. The third-order valence-electron chi connectivity index (χ3n) is 7.08. The average molecular weight is 538 g/mol. The first kappa shape index (κ1) is 26.2. The Morgan fingerprint density at radius 2 is 1.92 bits per heavy atom. The number of sulfonamides is 1. The number of carbonyl (C=O) groups is 1. The van der Waals surface area contributed by atoms with Gasteiger partial charge in [-0.25, -0.2) is 22.5 Å². The summed E-state index contributed by atoms with van der Waals surface area (Å²) in [5.41, 5.74) is 1.89. The minimum atomic E-state index is -4.08. The van der Waals surface area contributed by atoms with Crippen molar-refractivity contribution in [3.05, 3.63) is 71.5 Å². The monoisotopic (exact) mass is 537 g/mol. The quantitative estimate of drug-likeness (QED) is 0.409. The first-order chi connectivity index (χ1) is 18.1. The van der Waals surface area contributed by atoms with Gasteiger partial charge in [-0.1, -0.05) is 26.0 Å². The fourth-order valence-electron chi connectivity index (χ4n) is 5.00. The summed E-state index contributed by atoms with van der Waals surface area (Å²) in [4.78, 5) is 20.4. The van der Waals surface area contributed by atoms with Crippen LogP contribution in [-0.2, 0) is 10.0 Å². The molecule has 0 unspecified atom stereocenters. The van der Waals surface area contributed by atoms with Crippen LogP contribution in [0.5, 0.6) is 5.75 Å². The lowest BCUT2D eigenvalue weighted by atomic mass is 10.1. The maximum Gasteiger partial charge on any atom is 0.268 e. The Morgan fingerprint density at radius 3 is 2.63 bits per heavy atom. The standard InChI is InChI=1S/C29H32FN3O4S/c1-19(2)18-37-23-16-21(15-22(30)17-23)26-9-8-25(27(31-26)33-13-5-10-29(33)11-12-29)28(34)32-38(35,36)24-7-4-6-20(3)14-24/h4,6-9,14-17,19H,5,10-13,18H2,1-3H3,(H,32,34). The molecule has 1 aliphatic carbocycles. The van der Waals surface area contributed by atoms with Crippen LogP contribution in [0.1, 0.15) is 55.5 Å². The molecule has 38 heavy (non-hydrogen) atoms. The molecule has 1 aliphatic heterocycles. The molecule has 0 atom stereocenters. The van der Waals surface area contributed by atoms with Crippen molar-refractivity contribution in [3.63, 3.8) is 0 Å². The van der Waals surface area contributed by atoms with E-state index in [1.54, 1.807) is 37.3 Å². The summed E-state index contributed by atoms with van der Waals surface area (Å²) in [6.07, 6.45) is 3.94.